The van der Waals surface area contributed by atoms with Gasteiger partial charge in [0.1, 0.15) is 36.2 Å². The Balaban J connectivity index is 2.03. The molecule has 24 heteroatoms. The molecule has 3 aliphatic rings. The standard InChI is InChI=1S/C66H95N5O19/c1-13-16-17-18-19-26-56(80)86-30-23-22-24-49(60(82)62-63(90-66(85)67-46(11)73)61-51(87-61)29-28-39(4)35-55(79)71(47(12)74)54(78)25-20-21-27-57(81)89-62)70(38-72)37-48(75)33-41(6)31-40(5)32-42(7)34-52-45(10)50(76)36-53(77)68-58(43(8)14-2)64(83)69-59(44(9)15-3)65(84)88-52/h20-22,24-25,27,33-35,38,40,43-45,49,51-52,58-63,82H,13-19,23,26,28-32,36-37H2,1-12H3,(H,68,77)(H,69,83)(H,67,73,85)/b24-22+,25-20+,27-21-,39-35-,41-33+,42-34+/t40?,43-,44+,45-,49?,51-,52?,58-,59+,60+,61+,62+,63-/m0/s1. The van der Waals surface area contributed by atoms with Crippen LogP contribution in [0, 0.1) is 23.7 Å². The van der Waals surface area contributed by atoms with Crippen molar-refractivity contribution in [2.24, 2.45) is 23.7 Å². The number of carbonyl (C=O) groups is 13. The molecule has 0 radical (unpaired) electrons. The maximum Gasteiger partial charge on any atom is 0.414 e. The number of cyclic esters (lactones) is 2. The number of hydrogen-bond donors (Lipinski definition) is 4. The molecular weight excluding hydrogens is 1170 g/mol. The quantitative estimate of drug-likeness (QED) is 0.00778. The van der Waals surface area contributed by atoms with Gasteiger partial charge in [-0.2, -0.15) is 0 Å². The first kappa shape index (κ1) is 76.5. The zero-order valence-electron chi connectivity index (χ0n) is 54.3. The van der Waals surface area contributed by atoms with Gasteiger partial charge in [-0.1, -0.05) is 128 Å². The summed E-state index contributed by atoms with van der Waals surface area (Å²) in [5.74, 6) is -10.1. The van der Waals surface area contributed by atoms with Gasteiger partial charge in [0, 0.05) is 38.5 Å². The topological polar surface area (TPSA) is 334 Å². The molecular formula is C66H95N5O19. The first-order chi connectivity index (χ1) is 42.5. The van der Waals surface area contributed by atoms with Gasteiger partial charge in [0.2, 0.25) is 30.0 Å². The number of carbonyl (C=O) groups excluding carboxylic acids is 13. The van der Waals surface area contributed by atoms with Gasteiger partial charge >= 0.3 is 24.0 Å². The second kappa shape index (κ2) is 38.7. The number of nitrogens with zero attached hydrogens (tertiary/aromatic N) is 2. The van der Waals surface area contributed by atoms with E-state index in [0.717, 1.165) is 74.8 Å². The Hall–Kier alpha value is -7.73. The van der Waals surface area contributed by atoms with E-state index in [2.05, 4.69) is 17.6 Å². The van der Waals surface area contributed by atoms with Crippen molar-refractivity contribution in [3.8, 4) is 0 Å². The molecule has 4 N–H and O–H groups in total. The number of unbranched alkanes of at least 4 members (excludes halogenated alkanes) is 4. The summed E-state index contributed by atoms with van der Waals surface area (Å²) in [7, 11) is 0. The summed E-state index contributed by atoms with van der Waals surface area (Å²) in [6, 6.07) is -3.63. The number of fused-ring (bicyclic) bond motifs is 1. The molecule has 2 fully saturated rings. The molecule has 90 heavy (non-hydrogen) atoms. The molecule has 0 aliphatic carbocycles. The van der Waals surface area contributed by atoms with Crippen LogP contribution in [-0.4, -0.2) is 160 Å². The summed E-state index contributed by atoms with van der Waals surface area (Å²) >= 11 is 0. The van der Waals surface area contributed by atoms with Crippen LogP contribution in [-0.2, 0) is 81.2 Å². The van der Waals surface area contributed by atoms with Crippen molar-refractivity contribution in [1.29, 1.82) is 0 Å². The summed E-state index contributed by atoms with van der Waals surface area (Å²) < 4.78 is 29.0. The van der Waals surface area contributed by atoms with E-state index in [0.29, 0.717) is 53.7 Å². The van der Waals surface area contributed by atoms with E-state index >= 15 is 0 Å². The Labute approximate surface area is 528 Å². The molecule has 498 valence electrons. The molecule has 0 aromatic carbocycles. The minimum Gasteiger partial charge on any atom is -0.465 e. The lowest BCUT2D eigenvalue weighted by Crippen LogP contribution is -2.57. The summed E-state index contributed by atoms with van der Waals surface area (Å²) in [4.78, 5) is 173. The van der Waals surface area contributed by atoms with Gasteiger partial charge in [-0.3, -0.25) is 53.3 Å². The molecule has 13 atom stereocenters. The molecule has 0 aromatic rings. The lowest BCUT2D eigenvalue weighted by molar-refractivity contribution is -0.164. The van der Waals surface area contributed by atoms with E-state index in [9.17, 15) is 67.4 Å². The Morgan fingerprint density at radius 2 is 1.51 bits per heavy atom. The molecule has 3 unspecified atom stereocenters. The van der Waals surface area contributed by atoms with Crippen molar-refractivity contribution in [3.63, 3.8) is 0 Å². The molecule has 3 rings (SSSR count). The number of rotatable bonds is 27. The van der Waals surface area contributed by atoms with Crippen molar-refractivity contribution in [2.45, 2.75) is 228 Å². The van der Waals surface area contributed by atoms with Crippen LogP contribution in [0.2, 0.25) is 0 Å². The zero-order chi connectivity index (χ0) is 67.4. The van der Waals surface area contributed by atoms with Crippen LogP contribution < -0.4 is 16.0 Å². The molecule has 3 heterocycles. The van der Waals surface area contributed by atoms with Gasteiger partial charge in [-0.05, 0) is 89.2 Å². The van der Waals surface area contributed by atoms with E-state index in [-0.39, 0.29) is 56.5 Å². The van der Waals surface area contributed by atoms with Crippen LogP contribution in [0.5, 0.6) is 0 Å². The van der Waals surface area contributed by atoms with Crippen molar-refractivity contribution in [3.05, 3.63) is 71.4 Å². The lowest BCUT2D eigenvalue weighted by atomic mass is 9.90. The number of allylic oxidation sites excluding steroid dienone is 5. The number of ketones is 2. The number of amides is 8. The molecule has 2 saturated heterocycles. The van der Waals surface area contributed by atoms with Crippen LogP contribution in [0.3, 0.4) is 0 Å². The second-order valence-electron chi connectivity index (χ2n) is 23.8. The Kier molecular flexibility index (Phi) is 32.9. The number of imide groups is 4. The normalized spacial score (nSPS) is 25.7. The number of epoxide rings is 1. The highest BCUT2D eigenvalue weighted by atomic mass is 16.7. The van der Waals surface area contributed by atoms with Gasteiger partial charge in [0.05, 0.1) is 37.6 Å². The summed E-state index contributed by atoms with van der Waals surface area (Å²) in [5.41, 5.74) is 1.69. The molecule has 0 saturated carbocycles. The first-order valence-corrected chi connectivity index (χ1v) is 31.2. The van der Waals surface area contributed by atoms with Gasteiger partial charge in [-0.25, -0.2) is 19.3 Å². The predicted molar refractivity (Wildman–Crippen MR) is 329 cm³/mol. The number of aliphatic hydroxyl groups is 1. The summed E-state index contributed by atoms with van der Waals surface area (Å²) in [6.45, 7) is 19.2. The number of Topliss-reactive ketones (excluding diaryl/α,β-unsaturated/α-hetero) is 1. The van der Waals surface area contributed by atoms with Gasteiger partial charge in [0.15, 0.2) is 18.0 Å². The molecule has 0 spiro atoms. The SMILES string of the molecule is CCCCCCCC(=O)OCC/C=C/C([C@@H](O)[C@H]1OC(=O)/C=C\C=C\C(=O)N(C(C)=O)C(=O)/C=C(/C)CC[C@@H]2O[C@H]2[C@@H]1OC(=O)NC(C)=O)N(C=O)CC(=O)/C=C(\C)CC(C)C/C(C)=C/C1OC(=O)[C@@H]([C@H](C)CC)NC(=O)[C@H]([C@@H](C)CC)NC(=O)CC(=O)[C@@H]1C. The van der Waals surface area contributed by atoms with E-state index in [1.54, 1.807) is 47.6 Å². The summed E-state index contributed by atoms with van der Waals surface area (Å²) in [6.07, 6.45) is 6.95. The minimum atomic E-state index is -2.07. The molecule has 0 aromatic heterocycles. The van der Waals surface area contributed by atoms with Crippen molar-refractivity contribution in [2.75, 3.05) is 13.2 Å². The van der Waals surface area contributed by atoms with Crippen molar-refractivity contribution >= 4 is 77.4 Å². The maximum atomic E-state index is 14.1. The number of ether oxygens (including phenoxy) is 5. The number of alkyl carbamates (subject to hydrolysis) is 1. The monoisotopic (exact) mass is 1260 g/mol. The zero-order valence-corrected chi connectivity index (χ0v) is 54.3. The van der Waals surface area contributed by atoms with Crippen LogP contribution in [0.15, 0.2) is 71.4 Å². The van der Waals surface area contributed by atoms with Crippen LogP contribution in [0.1, 0.15) is 173 Å². The second-order valence-corrected chi connectivity index (χ2v) is 23.8. The fourth-order valence-electron chi connectivity index (χ4n) is 10.4. The number of aliphatic hydroxyl groups excluding tert-OH is 1. The molecule has 24 nitrogen and oxygen atoms in total. The van der Waals surface area contributed by atoms with Gasteiger partial charge < -0.3 is 44.3 Å². The van der Waals surface area contributed by atoms with Crippen LogP contribution >= 0.6 is 0 Å². The fraction of sp³-hybridized carbons (Fsp3) is 0.621. The third kappa shape index (κ3) is 26.0. The largest absolute Gasteiger partial charge is 0.465 e. The number of esters is 3. The highest BCUT2D eigenvalue weighted by Crippen LogP contribution is 2.36. The molecule has 0 bridgehead atoms. The predicted octanol–water partition coefficient (Wildman–Crippen LogP) is 6.56. The fourth-order valence-corrected chi connectivity index (χ4v) is 10.4. The van der Waals surface area contributed by atoms with Gasteiger partial charge in [-0.15, -0.1) is 0 Å². The Morgan fingerprint density at radius 1 is 0.856 bits per heavy atom. The maximum absolute atomic E-state index is 14.1. The van der Waals surface area contributed by atoms with Crippen molar-refractivity contribution < 1.29 is 91.1 Å². The van der Waals surface area contributed by atoms with Crippen LogP contribution in [0.4, 0.5) is 4.79 Å². The van der Waals surface area contributed by atoms with E-state index in [4.69, 9.17) is 23.7 Å². The smallest absolute Gasteiger partial charge is 0.414 e. The Bertz CT molecular complexity index is 2760. The Morgan fingerprint density at radius 3 is 2.16 bits per heavy atom. The van der Waals surface area contributed by atoms with Gasteiger partial charge in [0.25, 0.3) is 11.8 Å². The van der Waals surface area contributed by atoms with E-state index in [1.807, 2.05) is 26.1 Å². The van der Waals surface area contributed by atoms with E-state index < -0.39 is 145 Å². The number of nitrogens with one attached hydrogen (secondary N) is 3. The van der Waals surface area contributed by atoms with E-state index in [1.165, 1.54) is 18.2 Å². The third-order valence-electron chi connectivity index (χ3n) is 15.8. The molecule has 3 aliphatic heterocycles. The van der Waals surface area contributed by atoms with Crippen LogP contribution in [0.25, 0.3) is 0 Å². The summed E-state index contributed by atoms with van der Waals surface area (Å²) in [5, 5.41) is 20.1. The minimum absolute atomic E-state index is 0.0465. The average molecular weight is 1260 g/mol. The highest BCUT2D eigenvalue weighted by molar-refractivity contribution is 6.16. The third-order valence-corrected chi connectivity index (χ3v) is 15.8. The first-order valence-electron chi connectivity index (χ1n) is 31.2. The lowest BCUT2D eigenvalue weighted by Gasteiger charge is -2.36. The molecule has 8 amide bonds. The average Bonchev–Trinajstić information content (AvgIpc) is 1.85. The highest BCUT2D eigenvalue weighted by Gasteiger charge is 2.54. The van der Waals surface area contributed by atoms with Crippen molar-refractivity contribution in [1.82, 2.24) is 25.8 Å². The number of hydrogen-bond acceptors (Lipinski definition) is 19.